The van der Waals surface area contributed by atoms with Crippen LogP contribution in [0.1, 0.15) is 22.3 Å². The van der Waals surface area contributed by atoms with Gasteiger partial charge in [-0.05, 0) is 23.8 Å². The van der Waals surface area contributed by atoms with Crippen LogP contribution in [0.5, 0.6) is 5.75 Å². The molecule has 0 saturated carbocycles. The van der Waals surface area contributed by atoms with E-state index in [1.165, 1.54) is 7.11 Å². The number of anilines is 1. The second kappa shape index (κ2) is 9.01. The standard InChI is InChI=1S/C21H20N2O6/c1-28-16-7-4-6-15(12-16)22-18(24)13-29-20(26)9-10-23-19(25)11-14-5-2-3-8-17(14)21(23)27/h2-8,12H,9-11,13H2,1H3,(H,22,24). The van der Waals surface area contributed by atoms with E-state index in [9.17, 15) is 19.2 Å². The Morgan fingerprint density at radius 3 is 2.69 bits per heavy atom. The molecule has 0 unspecified atom stereocenters. The molecule has 0 bridgehead atoms. The van der Waals surface area contributed by atoms with Crippen molar-refractivity contribution in [1.29, 1.82) is 0 Å². The van der Waals surface area contributed by atoms with E-state index in [4.69, 9.17) is 9.47 Å². The summed E-state index contributed by atoms with van der Waals surface area (Å²) in [7, 11) is 1.51. The monoisotopic (exact) mass is 396 g/mol. The van der Waals surface area contributed by atoms with Gasteiger partial charge in [-0.3, -0.25) is 24.1 Å². The van der Waals surface area contributed by atoms with Gasteiger partial charge in [0.25, 0.3) is 11.8 Å². The third kappa shape index (κ3) is 4.98. The second-order valence-corrected chi connectivity index (χ2v) is 6.38. The van der Waals surface area contributed by atoms with Gasteiger partial charge in [-0.2, -0.15) is 0 Å². The van der Waals surface area contributed by atoms with Gasteiger partial charge in [-0.15, -0.1) is 0 Å². The first-order valence-corrected chi connectivity index (χ1v) is 9.00. The van der Waals surface area contributed by atoms with Crippen LogP contribution in [-0.2, 0) is 25.5 Å². The number of hydrogen-bond donors (Lipinski definition) is 1. The SMILES string of the molecule is COc1cccc(NC(=O)COC(=O)CCN2C(=O)Cc3ccccc3C2=O)c1. The molecular formula is C21H20N2O6. The van der Waals surface area contributed by atoms with Crippen molar-refractivity contribution >= 4 is 29.4 Å². The molecule has 0 aromatic heterocycles. The summed E-state index contributed by atoms with van der Waals surface area (Å²) in [6.07, 6.45) is -0.0774. The number of nitrogens with one attached hydrogen (secondary N) is 1. The third-order valence-corrected chi connectivity index (χ3v) is 4.39. The average molecular weight is 396 g/mol. The van der Waals surface area contributed by atoms with Crippen molar-refractivity contribution in [3.8, 4) is 5.75 Å². The molecule has 8 nitrogen and oxygen atoms in total. The Hall–Kier alpha value is -3.68. The van der Waals surface area contributed by atoms with Crippen molar-refractivity contribution < 1.29 is 28.7 Å². The molecule has 2 aromatic carbocycles. The zero-order chi connectivity index (χ0) is 20.8. The van der Waals surface area contributed by atoms with Gasteiger partial charge in [0.15, 0.2) is 6.61 Å². The highest BCUT2D eigenvalue weighted by Gasteiger charge is 2.30. The van der Waals surface area contributed by atoms with Gasteiger partial charge in [0.1, 0.15) is 5.75 Å². The van der Waals surface area contributed by atoms with Crippen molar-refractivity contribution in [2.24, 2.45) is 0 Å². The first kappa shape index (κ1) is 20.1. The first-order valence-electron chi connectivity index (χ1n) is 9.00. The highest BCUT2D eigenvalue weighted by molar-refractivity contribution is 6.09. The van der Waals surface area contributed by atoms with E-state index in [1.54, 1.807) is 48.5 Å². The van der Waals surface area contributed by atoms with Crippen LogP contribution in [0.15, 0.2) is 48.5 Å². The quantitative estimate of drug-likeness (QED) is 0.566. The number of fused-ring (bicyclic) bond motifs is 1. The summed E-state index contributed by atoms with van der Waals surface area (Å²) < 4.78 is 10.00. The Labute approximate surface area is 167 Å². The molecule has 3 amide bonds. The maximum atomic E-state index is 12.4. The van der Waals surface area contributed by atoms with E-state index in [-0.39, 0.29) is 25.3 Å². The minimum Gasteiger partial charge on any atom is -0.497 e. The zero-order valence-corrected chi connectivity index (χ0v) is 15.8. The van der Waals surface area contributed by atoms with E-state index in [1.807, 2.05) is 0 Å². The molecule has 0 fully saturated rings. The number of esters is 1. The van der Waals surface area contributed by atoms with E-state index in [2.05, 4.69) is 5.32 Å². The molecule has 3 rings (SSSR count). The molecule has 29 heavy (non-hydrogen) atoms. The highest BCUT2D eigenvalue weighted by atomic mass is 16.5. The molecule has 0 radical (unpaired) electrons. The summed E-state index contributed by atoms with van der Waals surface area (Å²) in [6.45, 7) is -0.566. The van der Waals surface area contributed by atoms with Gasteiger partial charge in [0.2, 0.25) is 5.91 Å². The summed E-state index contributed by atoms with van der Waals surface area (Å²) in [4.78, 5) is 49.5. The predicted molar refractivity (Wildman–Crippen MR) is 103 cm³/mol. The second-order valence-electron chi connectivity index (χ2n) is 6.38. The maximum absolute atomic E-state index is 12.4. The zero-order valence-electron chi connectivity index (χ0n) is 15.8. The van der Waals surface area contributed by atoms with E-state index < -0.39 is 24.4 Å². The van der Waals surface area contributed by atoms with Crippen molar-refractivity contribution in [1.82, 2.24) is 4.90 Å². The molecule has 0 spiro atoms. The summed E-state index contributed by atoms with van der Waals surface area (Å²) >= 11 is 0. The predicted octanol–water partition coefficient (Wildman–Crippen LogP) is 1.79. The number of carbonyl (C=O) groups excluding carboxylic acids is 4. The lowest BCUT2D eigenvalue weighted by atomic mass is 9.98. The topological polar surface area (TPSA) is 102 Å². The number of benzene rings is 2. The van der Waals surface area contributed by atoms with Crippen molar-refractivity contribution in [3.05, 3.63) is 59.7 Å². The summed E-state index contributed by atoms with van der Waals surface area (Å²) in [5.41, 5.74) is 1.64. The Morgan fingerprint density at radius 1 is 1.10 bits per heavy atom. The van der Waals surface area contributed by atoms with Gasteiger partial charge >= 0.3 is 5.97 Å². The fraction of sp³-hybridized carbons (Fsp3) is 0.238. The van der Waals surface area contributed by atoms with Crippen molar-refractivity contribution in [3.63, 3.8) is 0 Å². The van der Waals surface area contributed by atoms with Crippen LogP contribution >= 0.6 is 0 Å². The van der Waals surface area contributed by atoms with Crippen LogP contribution in [0.2, 0.25) is 0 Å². The first-order chi connectivity index (χ1) is 14.0. The Kier molecular flexibility index (Phi) is 6.23. The van der Waals surface area contributed by atoms with Crippen LogP contribution < -0.4 is 10.1 Å². The van der Waals surface area contributed by atoms with Crippen molar-refractivity contribution in [2.75, 3.05) is 25.6 Å². The molecule has 2 aromatic rings. The smallest absolute Gasteiger partial charge is 0.308 e. The van der Waals surface area contributed by atoms with Crippen LogP contribution in [-0.4, -0.2) is 48.9 Å². The summed E-state index contributed by atoms with van der Waals surface area (Å²) in [5.74, 6) is -1.40. The van der Waals surface area contributed by atoms with Gasteiger partial charge in [0.05, 0.1) is 20.0 Å². The molecule has 150 valence electrons. The van der Waals surface area contributed by atoms with Gasteiger partial charge < -0.3 is 14.8 Å². The number of carbonyl (C=O) groups is 4. The lowest BCUT2D eigenvalue weighted by Gasteiger charge is -2.26. The molecular weight excluding hydrogens is 376 g/mol. The molecule has 8 heteroatoms. The molecule has 1 aliphatic rings. The third-order valence-electron chi connectivity index (χ3n) is 4.39. The Morgan fingerprint density at radius 2 is 1.90 bits per heavy atom. The van der Waals surface area contributed by atoms with Gasteiger partial charge in [-0.25, -0.2) is 0 Å². The van der Waals surface area contributed by atoms with E-state index in [0.717, 1.165) is 4.90 Å². The van der Waals surface area contributed by atoms with Crippen LogP contribution in [0, 0.1) is 0 Å². The summed E-state index contributed by atoms with van der Waals surface area (Å²) in [6, 6.07) is 13.6. The largest absolute Gasteiger partial charge is 0.497 e. The fourth-order valence-corrected chi connectivity index (χ4v) is 2.95. The molecule has 1 N–H and O–H groups in total. The number of rotatable bonds is 7. The molecule has 1 heterocycles. The number of methoxy groups -OCH3 is 1. The van der Waals surface area contributed by atoms with Crippen LogP contribution in [0.4, 0.5) is 5.69 Å². The minimum atomic E-state index is -0.676. The lowest BCUT2D eigenvalue weighted by molar-refractivity contribution is -0.147. The average Bonchev–Trinajstić information content (AvgIpc) is 2.72. The molecule has 1 aliphatic heterocycles. The van der Waals surface area contributed by atoms with E-state index >= 15 is 0 Å². The lowest BCUT2D eigenvalue weighted by Crippen LogP contribution is -2.43. The molecule has 0 atom stereocenters. The summed E-state index contributed by atoms with van der Waals surface area (Å²) in [5, 5.41) is 2.59. The van der Waals surface area contributed by atoms with Gasteiger partial charge in [0, 0.05) is 23.9 Å². The van der Waals surface area contributed by atoms with E-state index in [0.29, 0.717) is 22.6 Å². The van der Waals surface area contributed by atoms with Crippen LogP contribution in [0.3, 0.4) is 0 Å². The number of ether oxygens (including phenoxy) is 2. The normalized spacial score (nSPS) is 12.9. The van der Waals surface area contributed by atoms with Gasteiger partial charge in [-0.1, -0.05) is 24.3 Å². The minimum absolute atomic E-state index is 0.0949. The maximum Gasteiger partial charge on any atom is 0.308 e. The highest BCUT2D eigenvalue weighted by Crippen LogP contribution is 2.20. The number of amides is 3. The number of nitrogens with zero attached hydrogens (tertiary/aromatic N) is 1. The van der Waals surface area contributed by atoms with Crippen molar-refractivity contribution in [2.45, 2.75) is 12.8 Å². The molecule has 0 saturated heterocycles. The number of hydrogen-bond acceptors (Lipinski definition) is 6. The molecule has 0 aliphatic carbocycles. The Bertz CT molecular complexity index is 956. The Balaban J connectivity index is 1.47. The fourth-order valence-electron chi connectivity index (χ4n) is 2.95. The van der Waals surface area contributed by atoms with Crippen LogP contribution in [0.25, 0.3) is 0 Å². The number of imide groups is 1.